The van der Waals surface area contributed by atoms with Crippen LogP contribution in [0.15, 0.2) is 231 Å². The van der Waals surface area contributed by atoms with Gasteiger partial charge in [0.1, 0.15) is 0 Å². The molecule has 19 rings (SSSR count). The van der Waals surface area contributed by atoms with Crippen LogP contribution < -0.4 is 16.4 Å². The van der Waals surface area contributed by atoms with E-state index in [9.17, 15) is 21.0 Å². The number of rotatable bonds is 4. The maximum Gasteiger partial charge on any atom is 0.244 e. The summed E-state index contributed by atoms with van der Waals surface area (Å²) in [6.45, 7) is 6.70. The highest BCUT2D eigenvalue weighted by molar-refractivity contribution is 7.02. The number of hydrogen-bond donors (Lipinski definition) is 0. The Morgan fingerprint density at radius 3 is 0.835 bits per heavy atom. The molecule has 0 amide bonds. The fourth-order valence-electron chi connectivity index (χ4n) is 16.2. The number of aromatic nitrogens is 4. The molecule has 8 nitrogen and oxygen atoms in total. The monoisotopic (exact) mass is 1150 g/mol. The predicted molar refractivity (Wildman–Crippen MR) is 372 cm³/mol. The molecule has 0 saturated heterocycles. The van der Waals surface area contributed by atoms with Gasteiger partial charge >= 0.3 is 0 Å². The lowest BCUT2D eigenvalue weighted by atomic mass is 9.30. The number of nitriles is 4. The van der Waals surface area contributed by atoms with Crippen LogP contribution in [0.5, 0.6) is 0 Å². The van der Waals surface area contributed by atoms with E-state index < -0.39 is 0 Å². The van der Waals surface area contributed by atoms with Crippen LogP contribution in [-0.2, 0) is 5.41 Å². The van der Waals surface area contributed by atoms with Crippen LogP contribution in [0.3, 0.4) is 0 Å². The van der Waals surface area contributed by atoms with Crippen LogP contribution in [0.25, 0.3) is 154 Å². The first kappa shape index (κ1) is 50.7. The SMILES string of the molecule is CC(C)(C)c1cc2c3c(c1)-c1cc4c(c5ccccc5n4-c4ccc(C#N)cc4)c4c1c(cc1c4c4ccccc4n1-c1ccc(C#N)cc1)B3c1cc3c(c4ccccc4n3-c3ccc(C#N)cc3)c3c1c-2cc1c3c2ccccc2n1-c1ccc(C#N)cc1. The Kier molecular flexibility index (Phi) is 10.1. The molecule has 6 heterocycles. The first-order chi connectivity index (χ1) is 44.6. The second-order valence-electron chi connectivity index (χ2n) is 25.6. The van der Waals surface area contributed by atoms with Gasteiger partial charge in [0, 0.05) is 76.6 Å². The van der Waals surface area contributed by atoms with Gasteiger partial charge in [0.05, 0.1) is 90.7 Å². The second-order valence-corrected chi connectivity index (χ2v) is 25.6. The van der Waals surface area contributed by atoms with E-state index in [1.165, 1.54) is 54.6 Å². The zero-order valence-electron chi connectivity index (χ0n) is 49.6. The standard InChI is InChI=1S/C82H47BN8/c1-82(2,3)50-36-61-59-38-69-75(55-12-4-8-16-65(55)88(69)51-28-20-46(42-84)21-29-51)79-73(59)63(40-71-77(79)57-14-6-10-18-67(57)90(71)53-32-24-48(44-86)25-33-53)83-64-41-72-78(58-15-7-11-19-68(58)91(72)54-34-26-49(45-87)27-35-54)80-74(64)60(62(37-50)81(61)83)39-70-76(80)56-13-5-9-17-66(56)89(70)52-30-22-47(43-85)23-31-52/h4-41H,1-3H3. The summed E-state index contributed by atoms with van der Waals surface area (Å²) < 4.78 is 9.64. The zero-order chi connectivity index (χ0) is 60.9. The van der Waals surface area contributed by atoms with Crippen molar-refractivity contribution in [3.05, 3.63) is 258 Å². The number of benzene rings is 13. The lowest BCUT2D eigenvalue weighted by Gasteiger charge is -2.36. The van der Waals surface area contributed by atoms with E-state index in [-0.39, 0.29) is 12.1 Å². The van der Waals surface area contributed by atoms with Gasteiger partial charge in [-0.1, -0.05) is 122 Å². The molecule has 17 aromatic rings. The summed E-state index contributed by atoms with van der Waals surface area (Å²) in [4.78, 5) is 0. The Morgan fingerprint density at radius 2 is 0.560 bits per heavy atom. The highest BCUT2D eigenvalue weighted by Crippen LogP contribution is 2.53. The maximum absolute atomic E-state index is 10.2. The van der Waals surface area contributed by atoms with Crippen molar-refractivity contribution in [2.75, 3.05) is 0 Å². The Labute approximate surface area is 522 Å². The average molecular weight is 1160 g/mol. The van der Waals surface area contributed by atoms with Crippen molar-refractivity contribution in [3.8, 4) is 69.3 Å². The van der Waals surface area contributed by atoms with Crippen LogP contribution >= 0.6 is 0 Å². The molecule has 0 spiro atoms. The summed E-state index contributed by atoms with van der Waals surface area (Å²) in [7, 11) is 0. The molecule has 0 bridgehead atoms. The van der Waals surface area contributed by atoms with Gasteiger partial charge in [-0.15, -0.1) is 0 Å². The van der Waals surface area contributed by atoms with Crippen molar-refractivity contribution in [1.29, 1.82) is 21.0 Å². The molecule has 91 heavy (non-hydrogen) atoms. The molecule has 0 unspecified atom stereocenters. The zero-order valence-corrected chi connectivity index (χ0v) is 49.6. The van der Waals surface area contributed by atoms with E-state index >= 15 is 0 Å². The van der Waals surface area contributed by atoms with Gasteiger partial charge in [0.2, 0.25) is 6.71 Å². The Bertz CT molecular complexity index is 5950. The molecule has 418 valence electrons. The Hall–Kier alpha value is -12.4. The molecule has 0 atom stereocenters. The van der Waals surface area contributed by atoms with Gasteiger partial charge in [-0.25, -0.2) is 0 Å². The predicted octanol–water partition coefficient (Wildman–Crippen LogP) is 17.6. The molecule has 0 N–H and O–H groups in total. The van der Waals surface area contributed by atoms with Crippen molar-refractivity contribution in [2.45, 2.75) is 26.2 Å². The van der Waals surface area contributed by atoms with Crippen molar-refractivity contribution in [1.82, 2.24) is 18.3 Å². The number of hydrogen-bond acceptors (Lipinski definition) is 4. The lowest BCUT2D eigenvalue weighted by molar-refractivity contribution is 0.591. The molecular weight excluding hydrogens is 1110 g/mol. The minimum atomic E-state index is -0.300. The van der Waals surface area contributed by atoms with Crippen molar-refractivity contribution >= 4 is 132 Å². The van der Waals surface area contributed by atoms with Crippen LogP contribution in [-0.4, -0.2) is 25.0 Å². The molecule has 0 radical (unpaired) electrons. The molecule has 0 saturated carbocycles. The van der Waals surface area contributed by atoms with Crippen LogP contribution in [0.2, 0.25) is 0 Å². The van der Waals surface area contributed by atoms with E-state index in [0.717, 1.165) is 121 Å². The summed E-state index contributed by atoms with van der Waals surface area (Å²) in [5, 5.41) is 54.5. The Balaban J connectivity index is 1.08. The molecular formula is C82H47BN8. The largest absolute Gasteiger partial charge is 0.309 e. The normalized spacial score (nSPS) is 12.5. The molecule has 13 aromatic carbocycles. The topological polar surface area (TPSA) is 115 Å². The summed E-state index contributed by atoms with van der Waals surface area (Å²) in [6, 6.07) is 91.7. The highest BCUT2D eigenvalue weighted by atomic mass is 15.0. The van der Waals surface area contributed by atoms with Crippen molar-refractivity contribution in [3.63, 3.8) is 0 Å². The summed E-state index contributed by atoms with van der Waals surface area (Å²) in [5.74, 6) is 0. The van der Waals surface area contributed by atoms with Crippen LogP contribution in [0.1, 0.15) is 48.6 Å². The molecule has 9 heteroatoms. The van der Waals surface area contributed by atoms with Gasteiger partial charge in [-0.2, -0.15) is 21.0 Å². The molecule has 0 fully saturated rings. The molecule has 4 aromatic heterocycles. The third kappa shape index (κ3) is 6.68. The first-order valence-corrected chi connectivity index (χ1v) is 30.8. The summed E-state index contributed by atoms with van der Waals surface area (Å²) in [5.41, 5.74) is 24.1. The fourth-order valence-corrected chi connectivity index (χ4v) is 16.2. The van der Waals surface area contributed by atoms with Gasteiger partial charge in [-0.05, 0) is 190 Å². The van der Waals surface area contributed by atoms with Gasteiger partial charge in [0.15, 0.2) is 0 Å². The smallest absolute Gasteiger partial charge is 0.244 e. The number of para-hydroxylation sites is 4. The van der Waals surface area contributed by atoms with E-state index in [1.54, 1.807) is 0 Å². The van der Waals surface area contributed by atoms with Gasteiger partial charge < -0.3 is 18.3 Å². The van der Waals surface area contributed by atoms with E-state index in [2.05, 4.69) is 245 Å². The Morgan fingerprint density at radius 1 is 0.286 bits per heavy atom. The quantitative estimate of drug-likeness (QED) is 0.163. The van der Waals surface area contributed by atoms with E-state index in [0.29, 0.717) is 22.3 Å². The number of fused-ring (bicyclic) bond motifs is 20. The van der Waals surface area contributed by atoms with E-state index in [4.69, 9.17) is 0 Å². The lowest BCUT2D eigenvalue weighted by Crippen LogP contribution is -2.57. The number of nitrogens with zero attached hydrogens (tertiary/aromatic N) is 8. The summed E-state index contributed by atoms with van der Waals surface area (Å²) >= 11 is 0. The summed E-state index contributed by atoms with van der Waals surface area (Å²) in [6.07, 6.45) is 0. The van der Waals surface area contributed by atoms with Gasteiger partial charge in [-0.3, -0.25) is 0 Å². The minimum Gasteiger partial charge on any atom is -0.309 e. The van der Waals surface area contributed by atoms with Crippen LogP contribution in [0, 0.1) is 45.3 Å². The van der Waals surface area contributed by atoms with Gasteiger partial charge in [0.25, 0.3) is 0 Å². The molecule has 2 aliphatic rings. The maximum atomic E-state index is 10.2. The first-order valence-electron chi connectivity index (χ1n) is 30.8. The highest BCUT2D eigenvalue weighted by Gasteiger charge is 2.43. The van der Waals surface area contributed by atoms with Crippen LogP contribution in [0.4, 0.5) is 0 Å². The molecule has 0 aliphatic carbocycles. The average Bonchev–Trinajstić information content (AvgIpc) is 1.65. The second kappa shape index (κ2) is 18.1. The minimum absolute atomic E-state index is 0.278. The van der Waals surface area contributed by atoms with E-state index in [1.807, 2.05) is 48.5 Å². The third-order valence-electron chi connectivity index (χ3n) is 20.0. The fraction of sp³-hybridized carbons (Fsp3) is 0.0488. The third-order valence-corrected chi connectivity index (χ3v) is 20.0. The van der Waals surface area contributed by atoms with Crippen molar-refractivity contribution < 1.29 is 0 Å². The molecule has 2 aliphatic heterocycles. The van der Waals surface area contributed by atoms with Crippen molar-refractivity contribution in [2.24, 2.45) is 0 Å².